The third-order valence-corrected chi connectivity index (χ3v) is 2.72. The summed E-state index contributed by atoms with van der Waals surface area (Å²) in [4.78, 5) is 11.2. The smallest absolute Gasteiger partial charge is 0.158 e. The maximum atomic E-state index is 11.2. The fourth-order valence-electron chi connectivity index (χ4n) is 1.97. The molecular weight excluding hydrogens is 138 g/mol. The molecule has 2 heteroatoms. The van der Waals surface area contributed by atoms with Gasteiger partial charge in [-0.3, -0.25) is 4.79 Å². The van der Waals surface area contributed by atoms with Crippen LogP contribution in [0.4, 0.5) is 0 Å². The van der Waals surface area contributed by atoms with E-state index in [1.165, 1.54) is 6.42 Å². The number of carbonyl (C=O) groups excluding carboxylic acids is 1. The summed E-state index contributed by atoms with van der Waals surface area (Å²) in [6.45, 7) is 2.99. The van der Waals surface area contributed by atoms with E-state index in [-0.39, 0.29) is 0 Å². The molecule has 2 rings (SSSR count). The van der Waals surface area contributed by atoms with Crippen LogP contribution < -0.4 is 5.32 Å². The van der Waals surface area contributed by atoms with Crippen molar-refractivity contribution in [1.29, 1.82) is 0 Å². The number of ketones is 1. The Labute approximate surface area is 66.7 Å². The van der Waals surface area contributed by atoms with E-state index in [9.17, 15) is 4.79 Å². The molecule has 0 radical (unpaired) electrons. The molecule has 1 fully saturated rings. The molecule has 1 aliphatic carbocycles. The molecular formula is C9H13NO. The lowest BCUT2D eigenvalue weighted by atomic mass is 9.86. The van der Waals surface area contributed by atoms with Crippen molar-refractivity contribution >= 4 is 5.78 Å². The topological polar surface area (TPSA) is 29.1 Å². The molecule has 2 aliphatic rings. The van der Waals surface area contributed by atoms with Gasteiger partial charge < -0.3 is 5.32 Å². The molecule has 2 atom stereocenters. The first-order valence-corrected chi connectivity index (χ1v) is 4.22. The van der Waals surface area contributed by atoms with Gasteiger partial charge in [0.15, 0.2) is 5.78 Å². The second-order valence-corrected chi connectivity index (χ2v) is 3.51. The zero-order valence-corrected chi connectivity index (χ0v) is 6.76. The molecule has 0 aromatic rings. The van der Waals surface area contributed by atoms with Crippen molar-refractivity contribution in [3.8, 4) is 0 Å². The van der Waals surface area contributed by atoms with Crippen LogP contribution in [0.3, 0.4) is 0 Å². The number of fused-ring (bicyclic) bond motifs is 1. The Kier molecular flexibility index (Phi) is 1.57. The van der Waals surface area contributed by atoms with Gasteiger partial charge in [0.05, 0.1) is 0 Å². The van der Waals surface area contributed by atoms with Crippen molar-refractivity contribution in [2.45, 2.75) is 25.8 Å². The van der Waals surface area contributed by atoms with Gasteiger partial charge in [-0.05, 0) is 31.4 Å². The largest absolute Gasteiger partial charge is 0.310 e. The van der Waals surface area contributed by atoms with Crippen molar-refractivity contribution < 1.29 is 4.79 Å². The molecule has 0 amide bonds. The van der Waals surface area contributed by atoms with Crippen LogP contribution in [0.15, 0.2) is 11.6 Å². The lowest BCUT2D eigenvalue weighted by Crippen LogP contribution is -2.30. The summed E-state index contributed by atoms with van der Waals surface area (Å²) >= 11 is 0. The first-order chi connectivity index (χ1) is 5.27. The minimum Gasteiger partial charge on any atom is -0.310 e. The average Bonchev–Trinajstić information content (AvgIpc) is 2.36. The van der Waals surface area contributed by atoms with Crippen molar-refractivity contribution in [3.63, 3.8) is 0 Å². The number of nitrogens with one attached hydrogen (secondary N) is 1. The third kappa shape index (κ3) is 1.11. The predicted molar refractivity (Wildman–Crippen MR) is 43.3 cm³/mol. The van der Waals surface area contributed by atoms with E-state index < -0.39 is 0 Å². The molecule has 0 saturated carbocycles. The highest BCUT2D eigenvalue weighted by Gasteiger charge is 2.31. The summed E-state index contributed by atoms with van der Waals surface area (Å²) in [5.41, 5.74) is 0.945. The van der Waals surface area contributed by atoms with E-state index in [1.54, 1.807) is 0 Å². The number of carbonyl (C=O) groups is 1. The number of hydrogen-bond donors (Lipinski definition) is 1. The van der Waals surface area contributed by atoms with Gasteiger partial charge in [-0.15, -0.1) is 0 Å². The molecule has 60 valence electrons. The maximum Gasteiger partial charge on any atom is 0.158 e. The van der Waals surface area contributed by atoms with Crippen LogP contribution in [0.25, 0.3) is 0 Å². The van der Waals surface area contributed by atoms with Crippen molar-refractivity contribution in [3.05, 3.63) is 11.6 Å². The first-order valence-electron chi connectivity index (χ1n) is 4.22. The van der Waals surface area contributed by atoms with Crippen molar-refractivity contribution in [2.24, 2.45) is 5.92 Å². The summed E-state index contributed by atoms with van der Waals surface area (Å²) in [6.07, 6.45) is 4.02. The van der Waals surface area contributed by atoms with Gasteiger partial charge in [0.2, 0.25) is 0 Å². The summed E-state index contributed by atoms with van der Waals surface area (Å²) in [5.74, 6) is 0.932. The quantitative estimate of drug-likeness (QED) is 0.557. The van der Waals surface area contributed by atoms with Gasteiger partial charge in [0.1, 0.15) is 0 Å². The second-order valence-electron chi connectivity index (χ2n) is 3.51. The van der Waals surface area contributed by atoms with Gasteiger partial charge in [-0.25, -0.2) is 0 Å². The highest BCUT2D eigenvalue weighted by atomic mass is 16.1. The summed E-state index contributed by atoms with van der Waals surface area (Å²) in [5, 5.41) is 3.38. The van der Waals surface area contributed by atoms with E-state index in [1.807, 2.05) is 6.92 Å². The van der Waals surface area contributed by atoms with Crippen LogP contribution in [0, 0.1) is 5.92 Å². The minimum absolute atomic E-state index is 0.343. The van der Waals surface area contributed by atoms with E-state index >= 15 is 0 Å². The van der Waals surface area contributed by atoms with Gasteiger partial charge in [0.25, 0.3) is 0 Å². The Hall–Kier alpha value is -0.630. The lowest BCUT2D eigenvalue weighted by molar-refractivity contribution is -0.116. The number of allylic oxidation sites excluding steroid dienone is 1. The number of rotatable bonds is 0. The standard InChI is InChI=1S/C9H13NO/c1-6-4-8-7(2-3-10-8)5-9(6)11/h4,7-8,10H,2-3,5H2,1H3. The summed E-state index contributed by atoms with van der Waals surface area (Å²) < 4.78 is 0. The van der Waals surface area contributed by atoms with Crippen molar-refractivity contribution in [1.82, 2.24) is 5.32 Å². The Morgan fingerprint density at radius 2 is 2.45 bits per heavy atom. The monoisotopic (exact) mass is 151 g/mol. The lowest BCUT2D eigenvalue weighted by Gasteiger charge is -2.21. The number of hydrogen-bond acceptors (Lipinski definition) is 2. The molecule has 1 N–H and O–H groups in total. The van der Waals surface area contributed by atoms with E-state index in [4.69, 9.17) is 0 Å². The zero-order valence-electron chi connectivity index (χ0n) is 6.76. The molecule has 0 aromatic heterocycles. The van der Waals surface area contributed by atoms with Gasteiger partial charge >= 0.3 is 0 Å². The highest BCUT2D eigenvalue weighted by Crippen LogP contribution is 2.27. The maximum absolute atomic E-state index is 11.2. The van der Waals surface area contributed by atoms with Crippen LogP contribution in [-0.4, -0.2) is 18.4 Å². The molecule has 11 heavy (non-hydrogen) atoms. The van der Waals surface area contributed by atoms with Gasteiger partial charge in [-0.2, -0.15) is 0 Å². The molecule has 0 bridgehead atoms. The minimum atomic E-state index is 0.343. The fraction of sp³-hybridized carbons (Fsp3) is 0.667. The Balaban J connectivity index is 2.23. The molecule has 1 saturated heterocycles. The summed E-state index contributed by atoms with van der Waals surface area (Å²) in [6, 6.07) is 0.493. The third-order valence-electron chi connectivity index (χ3n) is 2.72. The van der Waals surface area contributed by atoms with Gasteiger partial charge in [0, 0.05) is 12.5 Å². The van der Waals surface area contributed by atoms with Crippen molar-refractivity contribution in [2.75, 3.05) is 6.54 Å². The van der Waals surface area contributed by atoms with Crippen LogP contribution >= 0.6 is 0 Å². The van der Waals surface area contributed by atoms with E-state index in [0.717, 1.165) is 18.5 Å². The average molecular weight is 151 g/mol. The molecule has 1 heterocycles. The molecule has 2 unspecified atom stereocenters. The van der Waals surface area contributed by atoms with Crippen LogP contribution in [0.2, 0.25) is 0 Å². The second kappa shape index (κ2) is 2.45. The Morgan fingerprint density at radius 1 is 1.64 bits per heavy atom. The predicted octanol–water partition coefficient (Wildman–Crippen LogP) is 0.884. The SMILES string of the molecule is CC1=CC2NCCC2CC1=O. The van der Waals surface area contributed by atoms with E-state index in [2.05, 4.69) is 11.4 Å². The molecule has 0 aromatic carbocycles. The van der Waals surface area contributed by atoms with Crippen LogP contribution in [0.1, 0.15) is 19.8 Å². The number of Topliss-reactive ketones (excluding diaryl/α,β-unsaturated/α-hetero) is 1. The normalized spacial score (nSPS) is 36.8. The molecule has 2 nitrogen and oxygen atoms in total. The fourth-order valence-corrected chi connectivity index (χ4v) is 1.97. The van der Waals surface area contributed by atoms with E-state index in [0.29, 0.717) is 17.7 Å². The Bertz CT molecular complexity index is 220. The first kappa shape index (κ1) is 7.04. The van der Waals surface area contributed by atoms with Crippen LogP contribution in [0.5, 0.6) is 0 Å². The molecule has 1 aliphatic heterocycles. The zero-order chi connectivity index (χ0) is 7.84. The Morgan fingerprint density at radius 3 is 3.27 bits per heavy atom. The highest BCUT2D eigenvalue weighted by molar-refractivity contribution is 5.96. The van der Waals surface area contributed by atoms with Crippen LogP contribution in [-0.2, 0) is 4.79 Å². The molecule has 0 spiro atoms. The van der Waals surface area contributed by atoms with Gasteiger partial charge in [-0.1, -0.05) is 6.08 Å². The summed E-state index contributed by atoms with van der Waals surface area (Å²) in [7, 11) is 0.